The van der Waals surface area contributed by atoms with Gasteiger partial charge in [-0.25, -0.2) is 9.78 Å². The summed E-state index contributed by atoms with van der Waals surface area (Å²) in [6.07, 6.45) is 3.44. The number of carbonyl (C=O) groups is 1. The molecule has 1 aromatic carbocycles. The van der Waals surface area contributed by atoms with Crippen LogP contribution in [-0.2, 0) is 4.74 Å². The van der Waals surface area contributed by atoms with Crippen LogP contribution in [0.5, 0.6) is 0 Å². The molecule has 0 radical (unpaired) electrons. The number of hydrogen-bond acceptors (Lipinski definition) is 6. The molecule has 1 aliphatic heterocycles. The van der Waals surface area contributed by atoms with Crippen molar-refractivity contribution in [2.45, 2.75) is 45.3 Å². The number of rotatable bonds is 2. The van der Waals surface area contributed by atoms with Gasteiger partial charge >= 0.3 is 6.09 Å². The van der Waals surface area contributed by atoms with Crippen LogP contribution < -0.4 is 10.6 Å². The van der Waals surface area contributed by atoms with Crippen molar-refractivity contribution in [2.24, 2.45) is 0 Å². The van der Waals surface area contributed by atoms with Crippen LogP contribution in [0, 0.1) is 0 Å². The van der Waals surface area contributed by atoms with E-state index < -0.39 is 5.60 Å². The van der Waals surface area contributed by atoms with Gasteiger partial charge in [-0.15, -0.1) is 0 Å². The van der Waals surface area contributed by atoms with E-state index in [2.05, 4.69) is 9.88 Å². The maximum absolute atomic E-state index is 12.4. The molecule has 1 amide bonds. The Morgan fingerprint density at radius 2 is 2.12 bits per heavy atom. The number of hydrogen-bond donors (Lipinski definition) is 1. The summed E-state index contributed by atoms with van der Waals surface area (Å²) in [6, 6.07) is 5.70. The highest BCUT2D eigenvalue weighted by atomic mass is 16.6. The lowest BCUT2D eigenvalue weighted by molar-refractivity contribution is 0.0199. The second-order valence-corrected chi connectivity index (χ2v) is 7.81. The van der Waals surface area contributed by atoms with Crippen LogP contribution in [0.4, 0.5) is 16.3 Å². The van der Waals surface area contributed by atoms with E-state index in [1.165, 1.54) is 0 Å². The van der Waals surface area contributed by atoms with Crippen molar-refractivity contribution in [2.75, 3.05) is 30.8 Å². The van der Waals surface area contributed by atoms with Gasteiger partial charge in [0.1, 0.15) is 11.4 Å². The van der Waals surface area contributed by atoms with Gasteiger partial charge in [-0.1, -0.05) is 0 Å². The minimum Gasteiger partial charge on any atom is -0.444 e. The molecule has 1 atom stereocenters. The Balaban J connectivity index is 1.73. The fraction of sp³-hybridized carbons (Fsp3) is 0.526. The minimum absolute atomic E-state index is 0.178. The molecule has 2 N–H and O–H groups in total. The van der Waals surface area contributed by atoms with Crippen LogP contribution >= 0.6 is 0 Å². The van der Waals surface area contributed by atoms with Crippen molar-refractivity contribution in [3.8, 4) is 0 Å². The lowest BCUT2D eigenvalue weighted by Gasteiger charge is -2.38. The highest BCUT2D eigenvalue weighted by Crippen LogP contribution is 2.23. The number of fused-ring (bicyclic) bond motifs is 1. The molecule has 1 fully saturated rings. The van der Waals surface area contributed by atoms with Crippen LogP contribution in [0.15, 0.2) is 24.4 Å². The maximum Gasteiger partial charge on any atom is 0.410 e. The van der Waals surface area contributed by atoms with Gasteiger partial charge in [0.25, 0.3) is 0 Å². The van der Waals surface area contributed by atoms with Gasteiger partial charge in [-0.3, -0.25) is 4.98 Å². The first kappa shape index (κ1) is 18.2. The molecule has 1 saturated heterocycles. The molecule has 0 aliphatic carbocycles. The molecule has 7 heteroatoms. The molecule has 1 aliphatic rings. The number of carbonyl (C=O) groups excluding carboxylic acids is 1. The SMILES string of the molecule is CN(c1cnc2cc(N)ccc2n1)[C@H]1CCCN(C(=O)OC(C)(C)C)C1. The van der Waals surface area contributed by atoms with Gasteiger partial charge in [0.2, 0.25) is 0 Å². The molecule has 0 spiro atoms. The van der Waals surface area contributed by atoms with Gasteiger partial charge in [-0.2, -0.15) is 0 Å². The molecule has 1 aromatic heterocycles. The first-order valence-electron chi connectivity index (χ1n) is 8.96. The average molecular weight is 357 g/mol. The zero-order valence-electron chi connectivity index (χ0n) is 15.9. The van der Waals surface area contributed by atoms with Gasteiger partial charge in [-0.05, 0) is 51.8 Å². The number of likely N-dealkylation sites (tertiary alicyclic amines) is 1. The largest absolute Gasteiger partial charge is 0.444 e. The highest BCUT2D eigenvalue weighted by Gasteiger charge is 2.30. The van der Waals surface area contributed by atoms with Crippen LogP contribution in [0.1, 0.15) is 33.6 Å². The van der Waals surface area contributed by atoms with Gasteiger partial charge in [0.05, 0.1) is 17.2 Å². The molecular weight excluding hydrogens is 330 g/mol. The fourth-order valence-electron chi connectivity index (χ4n) is 3.14. The van der Waals surface area contributed by atoms with E-state index >= 15 is 0 Å². The first-order valence-corrected chi connectivity index (χ1v) is 8.96. The van der Waals surface area contributed by atoms with Crippen LogP contribution in [0.2, 0.25) is 0 Å². The molecular formula is C19H27N5O2. The smallest absolute Gasteiger partial charge is 0.410 e. The molecule has 3 rings (SSSR count). The molecule has 2 heterocycles. The summed E-state index contributed by atoms with van der Waals surface area (Å²) < 4.78 is 5.51. The number of aromatic nitrogens is 2. The van der Waals surface area contributed by atoms with E-state index in [-0.39, 0.29) is 12.1 Å². The van der Waals surface area contributed by atoms with Gasteiger partial charge in [0.15, 0.2) is 0 Å². The summed E-state index contributed by atoms with van der Waals surface area (Å²) in [7, 11) is 2.00. The Morgan fingerprint density at radius 1 is 1.35 bits per heavy atom. The topological polar surface area (TPSA) is 84.6 Å². The second-order valence-electron chi connectivity index (χ2n) is 7.81. The van der Waals surface area contributed by atoms with E-state index in [1.807, 2.05) is 46.0 Å². The Kier molecular flexibility index (Phi) is 4.89. The molecule has 0 bridgehead atoms. The predicted octanol–water partition coefficient (Wildman–Crippen LogP) is 3.05. The monoisotopic (exact) mass is 357 g/mol. The quantitative estimate of drug-likeness (QED) is 0.832. The molecule has 0 unspecified atom stereocenters. The van der Waals surface area contributed by atoms with Crippen molar-refractivity contribution in [3.63, 3.8) is 0 Å². The van der Waals surface area contributed by atoms with E-state index in [4.69, 9.17) is 15.5 Å². The Morgan fingerprint density at radius 3 is 2.85 bits per heavy atom. The summed E-state index contributed by atoms with van der Waals surface area (Å²) in [6.45, 7) is 7.00. The third-order valence-corrected chi connectivity index (χ3v) is 4.51. The number of nitrogens with two attached hydrogens (primary N) is 1. The van der Waals surface area contributed by atoms with Crippen molar-refractivity contribution < 1.29 is 9.53 Å². The molecule has 7 nitrogen and oxygen atoms in total. The number of nitrogen functional groups attached to an aromatic ring is 1. The van der Waals surface area contributed by atoms with Crippen molar-refractivity contribution in [1.29, 1.82) is 0 Å². The highest BCUT2D eigenvalue weighted by molar-refractivity contribution is 5.79. The third kappa shape index (κ3) is 4.15. The van der Waals surface area contributed by atoms with Crippen molar-refractivity contribution >= 4 is 28.6 Å². The van der Waals surface area contributed by atoms with Crippen molar-refractivity contribution in [3.05, 3.63) is 24.4 Å². The predicted molar refractivity (Wildman–Crippen MR) is 103 cm³/mol. The first-order chi connectivity index (χ1) is 12.2. The lowest BCUT2D eigenvalue weighted by atomic mass is 10.0. The number of amides is 1. The molecule has 2 aromatic rings. The number of nitrogens with zero attached hydrogens (tertiary/aromatic N) is 4. The Hall–Kier alpha value is -2.57. The zero-order valence-corrected chi connectivity index (χ0v) is 15.9. The number of piperidine rings is 1. The summed E-state index contributed by atoms with van der Waals surface area (Å²) in [5.41, 5.74) is 7.58. The maximum atomic E-state index is 12.4. The second kappa shape index (κ2) is 6.97. The Bertz CT molecular complexity index is 802. The summed E-state index contributed by atoms with van der Waals surface area (Å²) in [4.78, 5) is 25.4. The van der Waals surface area contributed by atoms with Crippen LogP contribution in [-0.4, -0.2) is 52.7 Å². The van der Waals surface area contributed by atoms with E-state index in [0.29, 0.717) is 12.2 Å². The number of likely N-dealkylation sites (N-methyl/N-ethyl adjacent to an activating group) is 1. The molecule has 140 valence electrons. The normalized spacial score (nSPS) is 18.0. The van der Waals surface area contributed by atoms with Gasteiger partial charge in [0, 0.05) is 31.9 Å². The zero-order chi connectivity index (χ0) is 18.9. The standard InChI is InChI=1S/C19H27N5O2/c1-19(2,3)26-18(25)24-9-5-6-14(12-24)23(4)17-11-21-16-10-13(20)7-8-15(16)22-17/h7-8,10-11,14H,5-6,9,12,20H2,1-4H3/t14-/m0/s1. The lowest BCUT2D eigenvalue weighted by Crippen LogP contribution is -2.50. The summed E-state index contributed by atoms with van der Waals surface area (Å²) in [5.74, 6) is 0.790. The average Bonchev–Trinajstić information content (AvgIpc) is 2.59. The number of anilines is 2. The fourth-order valence-corrected chi connectivity index (χ4v) is 3.14. The Labute approximate surface area is 154 Å². The van der Waals surface area contributed by atoms with Gasteiger partial charge < -0.3 is 20.3 Å². The summed E-state index contributed by atoms with van der Waals surface area (Å²) >= 11 is 0. The van der Waals surface area contributed by atoms with E-state index in [0.717, 1.165) is 36.2 Å². The molecule has 26 heavy (non-hydrogen) atoms. The minimum atomic E-state index is -0.485. The van der Waals surface area contributed by atoms with E-state index in [9.17, 15) is 4.79 Å². The third-order valence-electron chi connectivity index (χ3n) is 4.51. The summed E-state index contributed by atoms with van der Waals surface area (Å²) in [5, 5.41) is 0. The number of ether oxygens (including phenoxy) is 1. The molecule has 0 saturated carbocycles. The van der Waals surface area contributed by atoms with E-state index in [1.54, 1.807) is 11.1 Å². The van der Waals surface area contributed by atoms with Crippen LogP contribution in [0.25, 0.3) is 11.0 Å². The van der Waals surface area contributed by atoms with Crippen molar-refractivity contribution in [1.82, 2.24) is 14.9 Å². The number of benzene rings is 1. The van der Waals surface area contributed by atoms with Crippen LogP contribution in [0.3, 0.4) is 0 Å².